The van der Waals surface area contributed by atoms with Gasteiger partial charge in [0.1, 0.15) is 5.01 Å². The van der Waals surface area contributed by atoms with Gasteiger partial charge >= 0.3 is 0 Å². The van der Waals surface area contributed by atoms with Crippen LogP contribution < -0.4 is 5.32 Å². The van der Waals surface area contributed by atoms with Crippen LogP contribution in [0, 0.1) is 0 Å². The van der Waals surface area contributed by atoms with Crippen molar-refractivity contribution in [2.75, 3.05) is 5.32 Å². The molecular formula is C9H13N5S. The molecule has 2 aromatic heterocycles. The highest BCUT2D eigenvalue weighted by atomic mass is 32.1. The summed E-state index contributed by atoms with van der Waals surface area (Å²) in [5.41, 5.74) is 1.13. The third-order valence-corrected chi connectivity index (χ3v) is 3.14. The molecule has 2 heterocycles. The van der Waals surface area contributed by atoms with Crippen LogP contribution in [-0.2, 0) is 20.0 Å². The summed E-state index contributed by atoms with van der Waals surface area (Å²) in [6, 6.07) is 1.98. The third kappa shape index (κ3) is 2.33. The fourth-order valence-corrected chi connectivity index (χ4v) is 1.88. The number of rotatable bonds is 4. The van der Waals surface area contributed by atoms with Crippen LogP contribution in [-0.4, -0.2) is 20.0 Å². The number of nitrogens with zero attached hydrogens (tertiary/aromatic N) is 4. The maximum absolute atomic E-state index is 4.09. The van der Waals surface area contributed by atoms with Crippen molar-refractivity contribution in [2.45, 2.75) is 19.9 Å². The predicted octanol–water partition coefficient (Wildman–Crippen LogP) is 1.45. The van der Waals surface area contributed by atoms with Crippen LogP contribution in [0.15, 0.2) is 12.3 Å². The lowest BCUT2D eigenvalue weighted by Crippen LogP contribution is -2.05. The van der Waals surface area contributed by atoms with Crippen LogP contribution in [0.4, 0.5) is 5.13 Å². The molecule has 0 amide bonds. The zero-order chi connectivity index (χ0) is 10.7. The summed E-state index contributed by atoms with van der Waals surface area (Å²) in [6.45, 7) is 2.81. The third-order valence-electron chi connectivity index (χ3n) is 2.11. The molecule has 0 aromatic carbocycles. The van der Waals surface area contributed by atoms with Gasteiger partial charge in [-0.3, -0.25) is 4.68 Å². The maximum atomic E-state index is 4.09. The van der Waals surface area contributed by atoms with E-state index in [2.05, 4.69) is 27.5 Å². The summed E-state index contributed by atoms with van der Waals surface area (Å²) in [4.78, 5) is 0. The Balaban J connectivity index is 1.96. The van der Waals surface area contributed by atoms with E-state index in [1.165, 1.54) is 0 Å². The zero-order valence-corrected chi connectivity index (χ0v) is 9.58. The molecule has 80 valence electrons. The van der Waals surface area contributed by atoms with Gasteiger partial charge in [-0.25, -0.2) is 0 Å². The quantitative estimate of drug-likeness (QED) is 0.852. The minimum atomic E-state index is 0.731. The molecule has 0 atom stereocenters. The Morgan fingerprint density at radius 1 is 1.47 bits per heavy atom. The fourth-order valence-electron chi connectivity index (χ4n) is 1.21. The molecule has 2 rings (SSSR count). The molecule has 5 nitrogen and oxygen atoms in total. The van der Waals surface area contributed by atoms with Crippen LogP contribution >= 0.6 is 11.3 Å². The highest BCUT2D eigenvalue weighted by Gasteiger charge is 2.03. The molecule has 6 heteroatoms. The largest absolute Gasteiger partial charge is 0.354 e. The first-order chi connectivity index (χ1) is 7.29. The van der Waals surface area contributed by atoms with Crippen molar-refractivity contribution in [2.24, 2.45) is 7.05 Å². The van der Waals surface area contributed by atoms with Gasteiger partial charge in [0, 0.05) is 13.2 Å². The lowest BCUT2D eigenvalue weighted by atomic mass is 10.4. The molecule has 0 radical (unpaired) electrons. The molecule has 15 heavy (non-hydrogen) atoms. The molecule has 1 N–H and O–H groups in total. The molecule has 0 fully saturated rings. The minimum Gasteiger partial charge on any atom is -0.354 e. The van der Waals surface area contributed by atoms with E-state index in [0.717, 1.165) is 28.8 Å². The first kappa shape index (κ1) is 10.1. The van der Waals surface area contributed by atoms with Gasteiger partial charge in [-0.2, -0.15) is 5.10 Å². The molecule has 0 aliphatic rings. The Hall–Kier alpha value is -1.43. The Kier molecular flexibility index (Phi) is 2.96. The van der Waals surface area contributed by atoms with Crippen LogP contribution in [0.3, 0.4) is 0 Å². The van der Waals surface area contributed by atoms with Gasteiger partial charge in [0.05, 0.1) is 12.2 Å². The number of aryl methyl sites for hydroxylation is 2. The van der Waals surface area contributed by atoms with Gasteiger partial charge in [-0.1, -0.05) is 18.3 Å². The zero-order valence-electron chi connectivity index (χ0n) is 8.77. The number of nitrogens with one attached hydrogen (secondary N) is 1. The van der Waals surface area contributed by atoms with Crippen LogP contribution in [0.5, 0.6) is 0 Å². The number of anilines is 1. The summed E-state index contributed by atoms with van der Waals surface area (Å²) < 4.78 is 1.84. The first-order valence-electron chi connectivity index (χ1n) is 4.82. The van der Waals surface area contributed by atoms with Gasteiger partial charge in [-0.15, -0.1) is 10.2 Å². The molecule has 0 bridgehead atoms. The molecular weight excluding hydrogens is 210 g/mol. The van der Waals surface area contributed by atoms with E-state index in [4.69, 9.17) is 0 Å². The molecule has 0 unspecified atom stereocenters. The van der Waals surface area contributed by atoms with Crippen molar-refractivity contribution in [3.8, 4) is 0 Å². The molecule has 0 saturated carbocycles. The van der Waals surface area contributed by atoms with Crippen LogP contribution in [0.2, 0.25) is 0 Å². The summed E-state index contributed by atoms with van der Waals surface area (Å²) in [5, 5.41) is 17.3. The lowest BCUT2D eigenvalue weighted by molar-refractivity contribution is 0.720. The highest BCUT2D eigenvalue weighted by Crippen LogP contribution is 2.15. The second-order valence-corrected chi connectivity index (χ2v) is 4.22. The smallest absolute Gasteiger partial charge is 0.205 e. The Bertz CT molecular complexity index is 433. The van der Waals surface area contributed by atoms with Crippen LogP contribution in [0.1, 0.15) is 17.6 Å². The average molecular weight is 223 g/mol. The van der Waals surface area contributed by atoms with Gasteiger partial charge in [0.2, 0.25) is 5.13 Å². The number of hydrogen-bond acceptors (Lipinski definition) is 5. The lowest BCUT2D eigenvalue weighted by Gasteiger charge is -2.01. The normalized spacial score (nSPS) is 10.5. The molecule has 0 saturated heterocycles. The van der Waals surface area contributed by atoms with Crippen LogP contribution in [0.25, 0.3) is 0 Å². The number of hydrogen-bond donors (Lipinski definition) is 1. The molecule has 2 aromatic rings. The topological polar surface area (TPSA) is 55.6 Å². The van der Waals surface area contributed by atoms with Gasteiger partial charge in [0.15, 0.2) is 0 Å². The van der Waals surface area contributed by atoms with Gasteiger partial charge in [-0.05, 0) is 12.5 Å². The van der Waals surface area contributed by atoms with E-state index < -0.39 is 0 Å². The van der Waals surface area contributed by atoms with Gasteiger partial charge in [0.25, 0.3) is 0 Å². The van der Waals surface area contributed by atoms with Crippen molar-refractivity contribution in [1.29, 1.82) is 0 Å². The van der Waals surface area contributed by atoms with Crippen molar-refractivity contribution in [1.82, 2.24) is 20.0 Å². The summed E-state index contributed by atoms with van der Waals surface area (Å²) in [5.74, 6) is 0. The summed E-state index contributed by atoms with van der Waals surface area (Å²) >= 11 is 1.60. The fraction of sp³-hybridized carbons (Fsp3) is 0.444. The summed E-state index contributed by atoms with van der Waals surface area (Å²) in [7, 11) is 1.93. The summed E-state index contributed by atoms with van der Waals surface area (Å²) in [6.07, 6.45) is 2.72. The molecule has 0 aliphatic carbocycles. The monoisotopic (exact) mass is 223 g/mol. The van der Waals surface area contributed by atoms with Crippen molar-refractivity contribution < 1.29 is 0 Å². The Morgan fingerprint density at radius 3 is 2.93 bits per heavy atom. The Labute approximate surface area is 92.2 Å². The van der Waals surface area contributed by atoms with Crippen molar-refractivity contribution in [3.63, 3.8) is 0 Å². The standard InChI is InChI=1S/C9H13N5S/c1-3-8-12-13-9(15-8)10-6-7-4-5-11-14(7)2/h4-5H,3,6H2,1-2H3,(H,10,13). The van der Waals surface area contributed by atoms with E-state index in [-0.39, 0.29) is 0 Å². The second-order valence-electron chi connectivity index (χ2n) is 3.15. The van der Waals surface area contributed by atoms with E-state index in [9.17, 15) is 0 Å². The Morgan fingerprint density at radius 2 is 2.33 bits per heavy atom. The second kappa shape index (κ2) is 4.39. The number of aromatic nitrogens is 4. The van der Waals surface area contributed by atoms with E-state index in [1.807, 2.05) is 17.8 Å². The van der Waals surface area contributed by atoms with Crippen molar-refractivity contribution in [3.05, 3.63) is 23.0 Å². The molecule has 0 aliphatic heterocycles. The predicted molar refractivity (Wildman–Crippen MR) is 59.8 cm³/mol. The maximum Gasteiger partial charge on any atom is 0.205 e. The first-order valence-corrected chi connectivity index (χ1v) is 5.64. The van der Waals surface area contributed by atoms with E-state index in [1.54, 1.807) is 17.5 Å². The minimum absolute atomic E-state index is 0.731. The average Bonchev–Trinajstić information content (AvgIpc) is 2.84. The van der Waals surface area contributed by atoms with E-state index in [0.29, 0.717) is 0 Å². The highest BCUT2D eigenvalue weighted by molar-refractivity contribution is 7.15. The molecule has 0 spiro atoms. The van der Waals surface area contributed by atoms with Crippen molar-refractivity contribution >= 4 is 16.5 Å². The van der Waals surface area contributed by atoms with Gasteiger partial charge < -0.3 is 5.32 Å². The SMILES string of the molecule is CCc1nnc(NCc2ccnn2C)s1. The van der Waals surface area contributed by atoms with E-state index >= 15 is 0 Å².